The van der Waals surface area contributed by atoms with Gasteiger partial charge in [0.25, 0.3) is 0 Å². The lowest BCUT2D eigenvalue weighted by molar-refractivity contribution is 0.00752. The summed E-state index contributed by atoms with van der Waals surface area (Å²) in [6.07, 6.45) is -1.28. The summed E-state index contributed by atoms with van der Waals surface area (Å²) in [6, 6.07) is 7.87. The van der Waals surface area contributed by atoms with Crippen LogP contribution in [0.2, 0.25) is 0 Å². The second-order valence-electron chi connectivity index (χ2n) is 4.59. The van der Waals surface area contributed by atoms with Gasteiger partial charge in [-0.2, -0.15) is 0 Å². The number of nitrogens with two attached hydrogens (primary N) is 1. The lowest BCUT2D eigenvalue weighted by atomic mass is 9.84. The van der Waals surface area contributed by atoms with Gasteiger partial charge in [-0.1, -0.05) is 31.2 Å². The van der Waals surface area contributed by atoms with Crippen LogP contribution in [0, 0.1) is 12.3 Å². The Labute approximate surface area is 95.7 Å². The SMILES string of the molecule is Cc1ccccc1CCC(C)(CN)C(F)F. The van der Waals surface area contributed by atoms with Gasteiger partial charge in [0.15, 0.2) is 0 Å². The fraction of sp³-hybridized carbons (Fsp3) is 0.538. The standard InChI is InChI=1S/C13H19F2N/c1-10-5-3-4-6-11(10)7-8-13(2,9-16)12(14)15/h3-6,12H,7-9,16H2,1-2H3. The third-order valence-corrected chi connectivity index (χ3v) is 3.22. The lowest BCUT2D eigenvalue weighted by Crippen LogP contribution is -2.35. The second kappa shape index (κ2) is 5.39. The fourth-order valence-corrected chi connectivity index (χ4v) is 1.61. The van der Waals surface area contributed by atoms with Crippen LogP contribution in [-0.2, 0) is 6.42 Å². The molecule has 1 atom stereocenters. The molecule has 16 heavy (non-hydrogen) atoms. The zero-order valence-electron chi connectivity index (χ0n) is 9.84. The van der Waals surface area contributed by atoms with E-state index in [9.17, 15) is 8.78 Å². The van der Waals surface area contributed by atoms with Gasteiger partial charge in [-0.25, -0.2) is 8.78 Å². The molecule has 1 aromatic rings. The largest absolute Gasteiger partial charge is 0.330 e. The van der Waals surface area contributed by atoms with Crippen LogP contribution >= 0.6 is 0 Å². The molecule has 0 aliphatic heterocycles. The maximum absolute atomic E-state index is 12.8. The van der Waals surface area contributed by atoms with E-state index in [1.54, 1.807) is 6.92 Å². The molecule has 90 valence electrons. The predicted molar refractivity (Wildman–Crippen MR) is 62.7 cm³/mol. The number of halogens is 2. The molecule has 1 nitrogen and oxygen atoms in total. The highest BCUT2D eigenvalue weighted by Crippen LogP contribution is 2.30. The molecule has 0 aromatic heterocycles. The fourth-order valence-electron chi connectivity index (χ4n) is 1.61. The van der Waals surface area contributed by atoms with Crippen molar-refractivity contribution in [3.63, 3.8) is 0 Å². The van der Waals surface area contributed by atoms with Crippen molar-refractivity contribution in [2.45, 2.75) is 33.1 Å². The first-order chi connectivity index (χ1) is 7.49. The quantitative estimate of drug-likeness (QED) is 0.821. The highest BCUT2D eigenvalue weighted by Gasteiger charge is 2.33. The second-order valence-corrected chi connectivity index (χ2v) is 4.59. The van der Waals surface area contributed by atoms with Crippen LogP contribution in [0.15, 0.2) is 24.3 Å². The van der Waals surface area contributed by atoms with Crippen LogP contribution in [0.1, 0.15) is 24.5 Å². The Morgan fingerprint density at radius 3 is 2.44 bits per heavy atom. The normalized spacial score (nSPS) is 15.1. The summed E-state index contributed by atoms with van der Waals surface area (Å²) in [4.78, 5) is 0. The van der Waals surface area contributed by atoms with Gasteiger partial charge in [0.1, 0.15) is 0 Å². The van der Waals surface area contributed by atoms with Crippen molar-refractivity contribution >= 4 is 0 Å². The van der Waals surface area contributed by atoms with Crippen molar-refractivity contribution in [1.82, 2.24) is 0 Å². The third-order valence-electron chi connectivity index (χ3n) is 3.22. The Bertz CT molecular complexity index is 338. The number of rotatable bonds is 5. The predicted octanol–water partition coefficient (Wildman–Crippen LogP) is 3.16. The lowest BCUT2D eigenvalue weighted by Gasteiger charge is -2.27. The van der Waals surface area contributed by atoms with Gasteiger partial charge < -0.3 is 5.73 Å². The van der Waals surface area contributed by atoms with Crippen LogP contribution in [-0.4, -0.2) is 13.0 Å². The Balaban J connectivity index is 2.67. The van der Waals surface area contributed by atoms with Gasteiger partial charge in [-0.05, 0) is 30.9 Å². The molecule has 1 rings (SSSR count). The molecule has 0 fully saturated rings. The van der Waals surface area contributed by atoms with E-state index in [1.165, 1.54) is 0 Å². The number of hydrogen-bond acceptors (Lipinski definition) is 1. The average Bonchev–Trinajstić information content (AvgIpc) is 2.27. The summed E-state index contributed by atoms with van der Waals surface area (Å²) >= 11 is 0. The molecular formula is C13H19F2N. The van der Waals surface area contributed by atoms with Gasteiger partial charge in [0.2, 0.25) is 6.43 Å². The van der Waals surface area contributed by atoms with Gasteiger partial charge in [0, 0.05) is 12.0 Å². The van der Waals surface area contributed by atoms with Crippen LogP contribution in [0.5, 0.6) is 0 Å². The smallest absolute Gasteiger partial charge is 0.245 e. The topological polar surface area (TPSA) is 26.0 Å². The number of benzene rings is 1. The monoisotopic (exact) mass is 227 g/mol. The van der Waals surface area contributed by atoms with E-state index < -0.39 is 11.8 Å². The molecule has 1 unspecified atom stereocenters. The van der Waals surface area contributed by atoms with Crippen molar-refractivity contribution in [3.05, 3.63) is 35.4 Å². The molecule has 2 N–H and O–H groups in total. The molecule has 0 amide bonds. The first-order valence-corrected chi connectivity index (χ1v) is 5.52. The summed E-state index contributed by atoms with van der Waals surface area (Å²) in [6.45, 7) is 3.57. The Morgan fingerprint density at radius 2 is 1.94 bits per heavy atom. The minimum absolute atomic E-state index is 0.0244. The Kier molecular flexibility index (Phi) is 4.42. The first kappa shape index (κ1) is 13.1. The van der Waals surface area contributed by atoms with E-state index in [0.717, 1.165) is 11.1 Å². The molecule has 0 saturated heterocycles. The van der Waals surface area contributed by atoms with E-state index in [4.69, 9.17) is 5.73 Å². The number of alkyl halides is 2. The molecule has 1 aromatic carbocycles. The van der Waals surface area contributed by atoms with Gasteiger partial charge in [-0.3, -0.25) is 0 Å². The van der Waals surface area contributed by atoms with Gasteiger partial charge >= 0.3 is 0 Å². The molecule has 0 radical (unpaired) electrons. The minimum atomic E-state index is -2.36. The van der Waals surface area contributed by atoms with E-state index in [1.807, 2.05) is 31.2 Å². The number of aryl methyl sites for hydroxylation is 2. The molecule has 0 bridgehead atoms. The van der Waals surface area contributed by atoms with Crippen LogP contribution < -0.4 is 5.73 Å². The van der Waals surface area contributed by atoms with E-state index in [-0.39, 0.29) is 6.54 Å². The molecule has 0 spiro atoms. The molecule has 0 saturated carbocycles. The van der Waals surface area contributed by atoms with Crippen molar-refractivity contribution in [1.29, 1.82) is 0 Å². The molecule has 0 aliphatic rings. The van der Waals surface area contributed by atoms with E-state index in [0.29, 0.717) is 12.8 Å². The summed E-state index contributed by atoms with van der Waals surface area (Å²) in [5.41, 5.74) is 6.64. The van der Waals surface area contributed by atoms with E-state index in [2.05, 4.69) is 0 Å². The molecule has 3 heteroatoms. The maximum atomic E-state index is 12.8. The van der Waals surface area contributed by atoms with Gasteiger partial charge in [-0.15, -0.1) is 0 Å². The molecular weight excluding hydrogens is 208 g/mol. The highest BCUT2D eigenvalue weighted by molar-refractivity contribution is 5.25. The van der Waals surface area contributed by atoms with Crippen molar-refractivity contribution in [3.8, 4) is 0 Å². The Hall–Kier alpha value is -0.960. The van der Waals surface area contributed by atoms with Crippen LogP contribution in [0.25, 0.3) is 0 Å². The van der Waals surface area contributed by atoms with E-state index >= 15 is 0 Å². The van der Waals surface area contributed by atoms with Crippen LogP contribution in [0.3, 0.4) is 0 Å². The maximum Gasteiger partial charge on any atom is 0.245 e. The third kappa shape index (κ3) is 3.01. The van der Waals surface area contributed by atoms with Crippen molar-refractivity contribution < 1.29 is 8.78 Å². The average molecular weight is 227 g/mol. The van der Waals surface area contributed by atoms with Gasteiger partial charge in [0.05, 0.1) is 0 Å². The zero-order chi connectivity index (χ0) is 12.2. The summed E-state index contributed by atoms with van der Waals surface area (Å²) < 4.78 is 25.6. The minimum Gasteiger partial charge on any atom is -0.330 e. The van der Waals surface area contributed by atoms with Crippen molar-refractivity contribution in [2.24, 2.45) is 11.1 Å². The van der Waals surface area contributed by atoms with Crippen LogP contribution in [0.4, 0.5) is 8.78 Å². The number of hydrogen-bond donors (Lipinski definition) is 1. The summed E-state index contributed by atoms with van der Waals surface area (Å²) in [5, 5.41) is 0. The molecule has 0 heterocycles. The van der Waals surface area contributed by atoms with Crippen molar-refractivity contribution in [2.75, 3.05) is 6.54 Å². The Morgan fingerprint density at radius 1 is 1.31 bits per heavy atom. The summed E-state index contributed by atoms with van der Waals surface area (Å²) in [7, 11) is 0. The zero-order valence-corrected chi connectivity index (χ0v) is 9.84. The molecule has 0 aliphatic carbocycles. The highest BCUT2D eigenvalue weighted by atomic mass is 19.3. The summed E-state index contributed by atoms with van der Waals surface area (Å²) in [5.74, 6) is 0. The first-order valence-electron chi connectivity index (χ1n) is 5.52.